The van der Waals surface area contributed by atoms with Crippen LogP contribution in [0.25, 0.3) is 11.0 Å². The quantitative estimate of drug-likeness (QED) is 0.706. The number of hydrogen-bond donors (Lipinski definition) is 2. The highest BCUT2D eigenvalue weighted by atomic mass is 16.3. The largest absolute Gasteiger partial charge is 0.388 e. The predicted molar refractivity (Wildman–Crippen MR) is 90.7 cm³/mol. The van der Waals surface area contributed by atoms with Gasteiger partial charge in [0.15, 0.2) is 5.78 Å². The van der Waals surface area contributed by atoms with E-state index in [1.54, 1.807) is 28.8 Å². The number of carbonyl (C=O) groups is 2. The Hall–Kier alpha value is -2.99. The van der Waals surface area contributed by atoms with Crippen LogP contribution in [0.4, 0.5) is 5.69 Å². The van der Waals surface area contributed by atoms with Gasteiger partial charge in [0.1, 0.15) is 12.4 Å². The number of hydrogen-bond acceptors (Lipinski definition) is 4. The summed E-state index contributed by atoms with van der Waals surface area (Å²) in [6.45, 7) is 1.29. The van der Waals surface area contributed by atoms with Crippen molar-refractivity contribution in [3.05, 3.63) is 59.9 Å². The number of rotatable bonds is 5. The number of nitrogens with one attached hydrogen (secondary N) is 1. The molecule has 3 rings (SSSR count). The number of ketones is 1. The molecule has 1 aromatic heterocycles. The minimum absolute atomic E-state index is 0.0931. The van der Waals surface area contributed by atoms with E-state index in [0.29, 0.717) is 17.1 Å². The van der Waals surface area contributed by atoms with Gasteiger partial charge in [0.25, 0.3) is 0 Å². The van der Waals surface area contributed by atoms with Gasteiger partial charge in [0.2, 0.25) is 5.91 Å². The highest BCUT2D eigenvalue weighted by molar-refractivity contribution is 5.97. The maximum absolute atomic E-state index is 12.5. The summed E-state index contributed by atoms with van der Waals surface area (Å²) >= 11 is 0. The standard InChI is InChI=1S/C18H17N3O3/c1-12(23)19-14-8-6-13(7-9-14)17(24)10-21-16-5-3-2-4-15(16)20-18(21)11-22/h2-9,22H,10-11H2,1H3,(H,19,23). The molecule has 1 heterocycles. The highest BCUT2D eigenvalue weighted by Crippen LogP contribution is 2.18. The lowest BCUT2D eigenvalue weighted by Gasteiger charge is -2.08. The van der Waals surface area contributed by atoms with E-state index in [0.717, 1.165) is 11.0 Å². The van der Waals surface area contributed by atoms with Gasteiger partial charge < -0.3 is 15.0 Å². The highest BCUT2D eigenvalue weighted by Gasteiger charge is 2.14. The molecule has 6 nitrogen and oxygen atoms in total. The number of Topliss-reactive ketones (excluding diaryl/α,β-unsaturated/α-hetero) is 1. The van der Waals surface area contributed by atoms with Gasteiger partial charge >= 0.3 is 0 Å². The molecule has 0 saturated carbocycles. The second kappa shape index (κ2) is 6.64. The summed E-state index contributed by atoms with van der Waals surface area (Å²) in [4.78, 5) is 27.9. The zero-order chi connectivity index (χ0) is 17.1. The van der Waals surface area contributed by atoms with Crippen LogP contribution < -0.4 is 5.32 Å². The summed E-state index contributed by atoms with van der Waals surface area (Å²) in [5.74, 6) is 0.202. The van der Waals surface area contributed by atoms with E-state index >= 15 is 0 Å². The fraction of sp³-hybridized carbons (Fsp3) is 0.167. The zero-order valence-corrected chi connectivity index (χ0v) is 13.2. The molecule has 0 radical (unpaired) electrons. The fourth-order valence-electron chi connectivity index (χ4n) is 2.60. The van der Waals surface area contributed by atoms with Crippen molar-refractivity contribution in [1.82, 2.24) is 9.55 Å². The smallest absolute Gasteiger partial charge is 0.221 e. The van der Waals surface area contributed by atoms with Crippen molar-refractivity contribution in [2.24, 2.45) is 0 Å². The zero-order valence-electron chi connectivity index (χ0n) is 13.2. The van der Waals surface area contributed by atoms with Gasteiger partial charge in [-0.3, -0.25) is 9.59 Å². The summed E-state index contributed by atoms with van der Waals surface area (Å²) in [6.07, 6.45) is 0. The number of imidazole rings is 1. The van der Waals surface area contributed by atoms with Crippen molar-refractivity contribution in [3.63, 3.8) is 0 Å². The minimum Gasteiger partial charge on any atom is -0.388 e. The number of amides is 1. The average molecular weight is 323 g/mol. The van der Waals surface area contributed by atoms with Crippen LogP contribution in [0.3, 0.4) is 0 Å². The Morgan fingerprint density at radius 3 is 2.50 bits per heavy atom. The maximum atomic E-state index is 12.5. The molecule has 2 N–H and O–H groups in total. The summed E-state index contributed by atoms with van der Waals surface area (Å²) in [7, 11) is 0. The Morgan fingerprint density at radius 2 is 1.83 bits per heavy atom. The van der Waals surface area contributed by atoms with E-state index < -0.39 is 0 Å². The van der Waals surface area contributed by atoms with Crippen LogP contribution in [-0.2, 0) is 17.9 Å². The van der Waals surface area contributed by atoms with Crippen molar-refractivity contribution in [2.75, 3.05) is 5.32 Å². The minimum atomic E-state index is -0.233. The lowest BCUT2D eigenvalue weighted by molar-refractivity contribution is -0.114. The van der Waals surface area contributed by atoms with Crippen molar-refractivity contribution in [2.45, 2.75) is 20.1 Å². The van der Waals surface area contributed by atoms with Crippen LogP contribution in [-0.4, -0.2) is 26.3 Å². The number of anilines is 1. The first-order valence-electron chi connectivity index (χ1n) is 7.54. The molecule has 3 aromatic rings. The molecule has 0 aliphatic rings. The monoisotopic (exact) mass is 323 g/mol. The number of benzene rings is 2. The third-order valence-electron chi connectivity index (χ3n) is 3.70. The summed E-state index contributed by atoms with van der Waals surface area (Å²) in [5.41, 5.74) is 2.73. The maximum Gasteiger partial charge on any atom is 0.221 e. The van der Waals surface area contributed by atoms with E-state index in [1.807, 2.05) is 24.3 Å². The molecule has 0 aliphatic carbocycles. The molecule has 0 unspecified atom stereocenters. The number of para-hydroxylation sites is 2. The SMILES string of the molecule is CC(=O)Nc1ccc(C(=O)Cn2c(CO)nc3ccccc32)cc1. The Kier molecular flexibility index (Phi) is 4.39. The lowest BCUT2D eigenvalue weighted by atomic mass is 10.1. The van der Waals surface area contributed by atoms with Crippen molar-refractivity contribution >= 4 is 28.4 Å². The first-order valence-corrected chi connectivity index (χ1v) is 7.54. The number of nitrogens with zero attached hydrogens (tertiary/aromatic N) is 2. The van der Waals surface area contributed by atoms with Crippen molar-refractivity contribution in [3.8, 4) is 0 Å². The molecule has 6 heteroatoms. The molecule has 122 valence electrons. The number of aliphatic hydroxyl groups excluding tert-OH is 1. The average Bonchev–Trinajstić information content (AvgIpc) is 2.93. The molecular formula is C18H17N3O3. The topological polar surface area (TPSA) is 84.2 Å². The molecule has 0 aliphatic heterocycles. The number of aliphatic hydroxyl groups is 1. The Morgan fingerprint density at radius 1 is 1.12 bits per heavy atom. The number of fused-ring (bicyclic) bond motifs is 1. The van der Waals surface area contributed by atoms with E-state index in [9.17, 15) is 14.7 Å². The van der Waals surface area contributed by atoms with Crippen LogP contribution in [0.2, 0.25) is 0 Å². The Labute approximate surface area is 138 Å². The van der Waals surface area contributed by atoms with Crippen LogP contribution in [0.5, 0.6) is 0 Å². The van der Waals surface area contributed by atoms with Crippen LogP contribution in [0.1, 0.15) is 23.1 Å². The van der Waals surface area contributed by atoms with Gasteiger partial charge in [0, 0.05) is 18.2 Å². The summed E-state index contributed by atoms with van der Waals surface area (Å²) in [5, 5.41) is 12.1. The summed E-state index contributed by atoms with van der Waals surface area (Å²) in [6, 6.07) is 14.2. The van der Waals surface area contributed by atoms with Crippen LogP contribution >= 0.6 is 0 Å². The first-order chi connectivity index (χ1) is 11.6. The second-order valence-corrected chi connectivity index (χ2v) is 5.44. The van der Waals surface area contributed by atoms with Gasteiger partial charge in [-0.15, -0.1) is 0 Å². The van der Waals surface area contributed by atoms with Gasteiger partial charge in [-0.05, 0) is 36.4 Å². The van der Waals surface area contributed by atoms with E-state index in [1.165, 1.54) is 6.92 Å². The molecular weight excluding hydrogens is 306 g/mol. The number of carbonyl (C=O) groups excluding carboxylic acids is 2. The third-order valence-corrected chi connectivity index (χ3v) is 3.70. The van der Waals surface area contributed by atoms with Gasteiger partial charge in [0.05, 0.1) is 17.6 Å². The molecule has 2 aromatic carbocycles. The van der Waals surface area contributed by atoms with Crippen molar-refractivity contribution in [1.29, 1.82) is 0 Å². The first kappa shape index (κ1) is 15.9. The molecule has 0 saturated heterocycles. The van der Waals surface area contributed by atoms with Crippen molar-refractivity contribution < 1.29 is 14.7 Å². The fourth-order valence-corrected chi connectivity index (χ4v) is 2.60. The lowest BCUT2D eigenvalue weighted by Crippen LogP contribution is -2.13. The van der Waals surface area contributed by atoms with Crippen LogP contribution in [0.15, 0.2) is 48.5 Å². The third kappa shape index (κ3) is 3.18. The second-order valence-electron chi connectivity index (χ2n) is 5.44. The Balaban J connectivity index is 1.86. The molecule has 0 spiro atoms. The molecule has 24 heavy (non-hydrogen) atoms. The van der Waals surface area contributed by atoms with E-state index in [2.05, 4.69) is 10.3 Å². The van der Waals surface area contributed by atoms with Gasteiger partial charge in [-0.25, -0.2) is 4.98 Å². The molecule has 0 bridgehead atoms. The van der Waals surface area contributed by atoms with Gasteiger partial charge in [-0.1, -0.05) is 12.1 Å². The van der Waals surface area contributed by atoms with E-state index in [-0.39, 0.29) is 24.8 Å². The van der Waals surface area contributed by atoms with E-state index in [4.69, 9.17) is 0 Å². The van der Waals surface area contributed by atoms with Crippen LogP contribution in [0, 0.1) is 0 Å². The molecule has 0 atom stereocenters. The predicted octanol–water partition coefficient (Wildman–Crippen LogP) is 2.37. The number of aromatic nitrogens is 2. The summed E-state index contributed by atoms with van der Waals surface area (Å²) < 4.78 is 1.72. The normalized spacial score (nSPS) is 10.8. The molecule has 1 amide bonds. The van der Waals surface area contributed by atoms with Gasteiger partial charge in [-0.2, -0.15) is 0 Å². The molecule has 0 fully saturated rings. The Bertz CT molecular complexity index is 898.